The average Bonchev–Trinajstić information content (AvgIpc) is 2.34. The first-order chi connectivity index (χ1) is 11.7. The topological polar surface area (TPSA) is 0 Å². The van der Waals surface area contributed by atoms with Crippen molar-refractivity contribution in [1.29, 1.82) is 0 Å². The van der Waals surface area contributed by atoms with Crippen LogP contribution in [0.1, 0.15) is 11.1 Å². The van der Waals surface area contributed by atoms with Crippen molar-refractivity contribution in [3.05, 3.63) is 27.7 Å². The number of benzene rings is 1. The first kappa shape index (κ1) is 25.3. The molecule has 0 saturated carbocycles. The summed E-state index contributed by atoms with van der Waals surface area (Å²) in [4.78, 5) is -1.26. The maximum atomic E-state index is 14.5. The highest BCUT2D eigenvalue weighted by Crippen LogP contribution is 2.56. The molecular weight excluding hydrogens is 552 g/mol. The molecule has 0 atom stereocenters. The third-order valence-corrected chi connectivity index (χ3v) is 4.60. The molecule has 0 nitrogen and oxygen atoms in total. The lowest BCUT2D eigenvalue weighted by molar-refractivity contribution is -0.349. The fourth-order valence-corrected chi connectivity index (χ4v) is 3.56. The van der Waals surface area contributed by atoms with E-state index in [2.05, 4.69) is 15.9 Å². The summed E-state index contributed by atoms with van der Waals surface area (Å²) in [7, 11) is 0. The molecule has 0 heterocycles. The monoisotopic (exact) mass is 553 g/mol. The first-order valence-corrected chi connectivity index (χ1v) is 8.83. The maximum Gasteiger partial charge on any atom is 0.446 e. The van der Waals surface area contributed by atoms with E-state index < -0.39 is 66.0 Å². The molecule has 0 fully saturated rings. The molecule has 1 rings (SSSR count). The molecule has 0 amide bonds. The lowest BCUT2D eigenvalue weighted by Crippen LogP contribution is -2.51. The Morgan fingerprint density at radius 1 is 0.889 bits per heavy atom. The van der Waals surface area contributed by atoms with Crippen molar-refractivity contribution < 1.29 is 43.9 Å². The van der Waals surface area contributed by atoms with Crippen molar-refractivity contribution in [2.45, 2.75) is 38.6 Å². The summed E-state index contributed by atoms with van der Waals surface area (Å²) >= 11 is 17.5. The Kier molecular flexibility index (Phi) is 7.30. The van der Waals surface area contributed by atoms with Gasteiger partial charge in [-0.2, -0.15) is 39.5 Å². The molecule has 1 radical (unpaired) electrons. The average molecular weight is 555 g/mol. The summed E-state index contributed by atoms with van der Waals surface area (Å²) in [5.74, 6) is 0. The Labute approximate surface area is 172 Å². The zero-order valence-electron chi connectivity index (χ0n) is 12.0. The summed E-state index contributed by atoms with van der Waals surface area (Å²) < 4.78 is 127. The Hall–Kier alpha value is 0.220. The van der Waals surface area contributed by atoms with Gasteiger partial charge in [0, 0.05) is 27.4 Å². The van der Waals surface area contributed by atoms with E-state index in [4.69, 9.17) is 34.8 Å². The lowest BCUT2D eigenvalue weighted by Gasteiger charge is -2.33. The molecule has 0 unspecified atom stereocenters. The molecule has 0 saturated heterocycles. The first-order valence-electron chi connectivity index (χ1n) is 6.09. The normalized spacial score (nSPS) is 14.6. The number of alkyl halides is 13. The van der Waals surface area contributed by atoms with Crippen LogP contribution in [0.3, 0.4) is 0 Å². The fourth-order valence-electron chi connectivity index (χ4n) is 1.88. The van der Waals surface area contributed by atoms with E-state index in [1.807, 2.05) is 6.07 Å². The quantitative estimate of drug-likeness (QED) is 0.207. The van der Waals surface area contributed by atoms with E-state index in [1.54, 1.807) is 0 Å². The van der Waals surface area contributed by atoms with Crippen LogP contribution in [0.25, 0.3) is 0 Å². The van der Waals surface area contributed by atoms with Crippen LogP contribution in [0.15, 0.2) is 15.4 Å². The minimum atomic E-state index is -6.57. The highest BCUT2D eigenvalue weighted by molar-refractivity contribution is 9.10. The van der Waals surface area contributed by atoms with Gasteiger partial charge in [-0.3, -0.25) is 0 Å². The van der Waals surface area contributed by atoms with Crippen molar-refractivity contribution >= 4 is 62.5 Å². The molecule has 0 aliphatic rings. The number of rotatable bonds is 3. The van der Waals surface area contributed by atoms with Gasteiger partial charge in [0.15, 0.2) is 3.79 Å². The number of halogens is 14. The van der Waals surface area contributed by atoms with Gasteiger partial charge in [-0.25, -0.2) is 4.39 Å². The van der Waals surface area contributed by atoms with E-state index in [0.29, 0.717) is 0 Å². The fraction of sp³-hybridized carbons (Fsp3) is 0.500. The number of hydrogen-bond donors (Lipinski definition) is 0. The largest absolute Gasteiger partial charge is 0.446 e. The van der Waals surface area contributed by atoms with E-state index >= 15 is 0 Å². The molecule has 1 aromatic carbocycles. The summed E-state index contributed by atoms with van der Waals surface area (Å²) in [6.45, 7) is 0. The molecule has 0 N–H and O–H groups in total. The van der Waals surface area contributed by atoms with Crippen molar-refractivity contribution in [2.75, 3.05) is 0 Å². The van der Waals surface area contributed by atoms with Gasteiger partial charge in [-0.05, 0) is 39.3 Å². The van der Waals surface area contributed by atoms with Crippen LogP contribution in [0.5, 0.6) is 0 Å². The van der Waals surface area contributed by atoms with Crippen LogP contribution in [-0.2, 0) is 12.1 Å². The second-order valence-electron chi connectivity index (χ2n) is 4.83. The predicted molar refractivity (Wildman–Crippen MR) is 83.8 cm³/mol. The van der Waals surface area contributed by atoms with E-state index in [-0.39, 0.29) is 6.07 Å². The third-order valence-electron chi connectivity index (χ3n) is 2.85. The van der Waals surface area contributed by atoms with Crippen LogP contribution in [-0.4, -0.2) is 21.7 Å². The molecule has 0 spiro atoms. The summed E-state index contributed by atoms with van der Waals surface area (Å²) in [6.07, 6.45) is -14.3. The van der Waals surface area contributed by atoms with Crippen molar-refractivity contribution in [1.82, 2.24) is 0 Å². The van der Waals surface area contributed by atoms with Gasteiger partial charge < -0.3 is 0 Å². The molecular formula is C12H3BrCl3F10S. The minimum absolute atomic E-state index is 0.268. The number of thioether (sulfide) groups is 1. The summed E-state index contributed by atoms with van der Waals surface area (Å²) in [5.41, 5.74) is -14.5. The van der Waals surface area contributed by atoms with Crippen molar-refractivity contribution in [2.24, 2.45) is 0 Å². The molecule has 0 bridgehead atoms. The highest BCUT2D eigenvalue weighted by Gasteiger charge is 2.74. The maximum absolute atomic E-state index is 14.5. The summed E-state index contributed by atoms with van der Waals surface area (Å²) in [5, 5.41) is 0. The van der Waals surface area contributed by atoms with E-state index in [1.165, 1.54) is 0 Å². The lowest BCUT2D eigenvalue weighted by atomic mass is 9.89. The minimum Gasteiger partial charge on any atom is -0.218 e. The second kappa shape index (κ2) is 7.81. The standard InChI is InChI=1S/C12H3BrCl3F10S/c13-7-2-4(27-12(24,25)26)1-6(5(7)3-8(14,15)16)9(17,10(18,19)20)11(21,22)23/h1H,3H2. The molecule has 15 heteroatoms. The zero-order chi connectivity index (χ0) is 21.6. The van der Waals surface area contributed by atoms with Crippen LogP contribution >= 0.6 is 62.5 Å². The molecule has 27 heavy (non-hydrogen) atoms. The van der Waals surface area contributed by atoms with Crippen molar-refractivity contribution in [3.63, 3.8) is 0 Å². The smallest absolute Gasteiger partial charge is 0.218 e. The van der Waals surface area contributed by atoms with Gasteiger partial charge in [-0.1, -0.05) is 34.8 Å². The zero-order valence-corrected chi connectivity index (χ0v) is 16.7. The molecule has 0 aliphatic carbocycles. The van der Waals surface area contributed by atoms with Gasteiger partial charge in [0.05, 0.1) is 0 Å². The van der Waals surface area contributed by atoms with Gasteiger partial charge >= 0.3 is 23.5 Å². The van der Waals surface area contributed by atoms with Gasteiger partial charge in [0.2, 0.25) is 0 Å². The van der Waals surface area contributed by atoms with Crippen LogP contribution < -0.4 is 0 Å². The Balaban J connectivity index is 3.88. The Morgan fingerprint density at radius 2 is 1.33 bits per heavy atom. The van der Waals surface area contributed by atoms with Crippen molar-refractivity contribution in [3.8, 4) is 0 Å². The second-order valence-corrected chi connectivity index (χ2v) is 9.25. The van der Waals surface area contributed by atoms with Crippen LogP contribution in [0.2, 0.25) is 0 Å². The van der Waals surface area contributed by atoms with Gasteiger partial charge in [0.25, 0.3) is 0 Å². The predicted octanol–water partition coefficient (Wildman–Crippen LogP) is 8.06. The highest BCUT2D eigenvalue weighted by atomic mass is 79.9. The Bertz CT molecular complexity index is 679. The molecule has 0 aliphatic heterocycles. The van der Waals surface area contributed by atoms with Crippen LogP contribution in [0, 0.1) is 6.07 Å². The SMILES string of the molecule is FC(F)(F)Sc1[c]c(Br)c(CC(Cl)(Cl)Cl)c(C(F)(C(F)(F)F)C(F)(F)F)c1. The Morgan fingerprint density at radius 3 is 1.67 bits per heavy atom. The van der Waals surface area contributed by atoms with E-state index in [9.17, 15) is 43.9 Å². The van der Waals surface area contributed by atoms with Crippen LogP contribution in [0.4, 0.5) is 43.9 Å². The third kappa shape index (κ3) is 6.10. The molecule has 155 valence electrons. The van der Waals surface area contributed by atoms with E-state index in [0.717, 1.165) is 0 Å². The molecule has 1 aromatic rings. The van der Waals surface area contributed by atoms with Gasteiger partial charge in [-0.15, -0.1) is 0 Å². The number of hydrogen-bond acceptors (Lipinski definition) is 1. The van der Waals surface area contributed by atoms with Gasteiger partial charge in [0.1, 0.15) is 0 Å². The summed E-state index contributed by atoms with van der Waals surface area (Å²) in [6, 6.07) is 1.58. The molecule has 0 aromatic heterocycles.